The van der Waals surface area contributed by atoms with Gasteiger partial charge in [-0.05, 0) is 25.2 Å². The smallest absolute Gasteiger partial charge is 0.407 e. The van der Waals surface area contributed by atoms with Crippen LogP contribution in [0.3, 0.4) is 0 Å². The van der Waals surface area contributed by atoms with Gasteiger partial charge in [-0.3, -0.25) is 0 Å². The Hall–Kier alpha value is -0.770. The summed E-state index contributed by atoms with van der Waals surface area (Å²) in [5.41, 5.74) is 0.192. The van der Waals surface area contributed by atoms with E-state index < -0.39 is 6.09 Å². The minimum atomic E-state index is -0.811. The topological polar surface area (TPSA) is 60.8 Å². The summed E-state index contributed by atoms with van der Waals surface area (Å²) in [5, 5.41) is 18.3. The van der Waals surface area contributed by atoms with Gasteiger partial charge < -0.3 is 15.1 Å². The lowest BCUT2D eigenvalue weighted by Crippen LogP contribution is -2.60. The van der Waals surface area contributed by atoms with Gasteiger partial charge in [-0.15, -0.1) is 0 Å². The highest BCUT2D eigenvalue weighted by Crippen LogP contribution is 2.45. The van der Waals surface area contributed by atoms with Gasteiger partial charge in [0, 0.05) is 18.5 Å². The van der Waals surface area contributed by atoms with E-state index in [9.17, 15) is 9.90 Å². The lowest BCUT2D eigenvalue weighted by molar-refractivity contribution is -0.0649. The number of likely N-dealkylation sites (tertiary alicyclic amines) is 1. The maximum Gasteiger partial charge on any atom is 0.407 e. The van der Waals surface area contributed by atoms with Gasteiger partial charge >= 0.3 is 6.09 Å². The summed E-state index contributed by atoms with van der Waals surface area (Å²) in [4.78, 5) is 12.1. The molecular formula is C10H17NO3. The van der Waals surface area contributed by atoms with Crippen LogP contribution in [0.5, 0.6) is 0 Å². The molecule has 1 saturated heterocycles. The third-order valence-corrected chi connectivity index (χ3v) is 3.71. The van der Waals surface area contributed by atoms with Crippen LogP contribution in [-0.2, 0) is 0 Å². The van der Waals surface area contributed by atoms with Crippen molar-refractivity contribution in [2.24, 2.45) is 11.3 Å². The number of hydrogen-bond donors (Lipinski definition) is 2. The molecule has 80 valence electrons. The molecule has 0 radical (unpaired) electrons. The molecule has 0 bridgehead atoms. The van der Waals surface area contributed by atoms with Crippen molar-refractivity contribution >= 4 is 6.09 Å². The summed E-state index contributed by atoms with van der Waals surface area (Å²) >= 11 is 0. The molecule has 4 heteroatoms. The van der Waals surface area contributed by atoms with Gasteiger partial charge in [0.25, 0.3) is 0 Å². The Labute approximate surface area is 83.5 Å². The number of rotatable bonds is 0. The summed E-state index contributed by atoms with van der Waals surface area (Å²) < 4.78 is 0. The summed E-state index contributed by atoms with van der Waals surface area (Å²) in [5.74, 6) is 0.319. The lowest BCUT2D eigenvalue weighted by Gasteiger charge is -2.53. The molecule has 2 aliphatic rings. The minimum absolute atomic E-state index is 0.181. The molecule has 14 heavy (non-hydrogen) atoms. The van der Waals surface area contributed by atoms with Gasteiger partial charge in [0.1, 0.15) is 0 Å². The van der Waals surface area contributed by atoms with Gasteiger partial charge in [0.05, 0.1) is 6.10 Å². The predicted octanol–water partition coefficient (Wildman–Crippen LogP) is 1.15. The highest BCUT2D eigenvalue weighted by molar-refractivity contribution is 5.66. The molecule has 1 spiro atoms. The Morgan fingerprint density at radius 3 is 2.64 bits per heavy atom. The van der Waals surface area contributed by atoms with Gasteiger partial charge in [-0.25, -0.2) is 4.79 Å². The lowest BCUT2D eigenvalue weighted by atomic mass is 9.65. The average molecular weight is 199 g/mol. The number of aliphatic hydroxyl groups excluding tert-OH is 1. The highest BCUT2D eigenvalue weighted by atomic mass is 16.4. The molecule has 1 saturated carbocycles. The van der Waals surface area contributed by atoms with Gasteiger partial charge in [0.2, 0.25) is 0 Å². The van der Waals surface area contributed by atoms with E-state index in [2.05, 4.69) is 6.92 Å². The molecule has 0 aromatic carbocycles. The summed E-state index contributed by atoms with van der Waals surface area (Å²) in [6.07, 6.45) is 1.78. The number of aliphatic hydroxyl groups is 1. The first-order chi connectivity index (χ1) is 6.52. The molecule has 0 aromatic heterocycles. The Morgan fingerprint density at radius 2 is 2.14 bits per heavy atom. The number of carbonyl (C=O) groups is 1. The second-order valence-corrected chi connectivity index (χ2v) is 4.93. The van der Waals surface area contributed by atoms with Gasteiger partial charge in [0.15, 0.2) is 0 Å². The van der Waals surface area contributed by atoms with E-state index in [1.807, 2.05) is 0 Å². The average Bonchev–Trinajstić information content (AvgIpc) is 2.05. The zero-order valence-electron chi connectivity index (χ0n) is 8.44. The van der Waals surface area contributed by atoms with Crippen molar-refractivity contribution in [2.75, 3.05) is 13.1 Å². The van der Waals surface area contributed by atoms with E-state index in [-0.39, 0.29) is 11.5 Å². The molecule has 2 fully saturated rings. The Morgan fingerprint density at radius 1 is 1.50 bits per heavy atom. The Kier molecular flexibility index (Phi) is 2.18. The first-order valence-corrected chi connectivity index (χ1v) is 5.18. The standard InChI is InChI=1S/C10H17NO3/c1-7-4-10(3-2-8(7)12)5-11(6-10)9(13)14/h7-8,12H,2-6H2,1H3,(H,13,14)/t7-,8+/m0/s1. The van der Waals surface area contributed by atoms with E-state index in [0.717, 1.165) is 19.3 Å². The number of hydrogen-bond acceptors (Lipinski definition) is 2. The monoisotopic (exact) mass is 199 g/mol. The van der Waals surface area contributed by atoms with Gasteiger partial charge in [-0.2, -0.15) is 0 Å². The zero-order chi connectivity index (χ0) is 10.3. The predicted molar refractivity (Wildman–Crippen MR) is 51.1 cm³/mol. The van der Waals surface area contributed by atoms with Crippen LogP contribution in [0.4, 0.5) is 4.79 Å². The van der Waals surface area contributed by atoms with Gasteiger partial charge in [-0.1, -0.05) is 6.92 Å². The number of amides is 1. The fourth-order valence-corrected chi connectivity index (χ4v) is 2.85. The Bertz CT molecular complexity index is 248. The van der Waals surface area contributed by atoms with Crippen LogP contribution in [-0.4, -0.2) is 40.4 Å². The SMILES string of the molecule is C[C@H]1CC2(CC[C@H]1O)CN(C(=O)O)C2. The summed E-state index contributed by atoms with van der Waals surface area (Å²) in [6, 6.07) is 0. The molecule has 0 aromatic rings. The second-order valence-electron chi connectivity index (χ2n) is 4.93. The molecule has 0 unspecified atom stereocenters. The van der Waals surface area contributed by atoms with Crippen molar-refractivity contribution in [1.82, 2.24) is 4.90 Å². The van der Waals surface area contributed by atoms with Crippen LogP contribution in [0.15, 0.2) is 0 Å². The maximum atomic E-state index is 10.6. The number of carboxylic acid groups (broad SMARTS) is 1. The molecule has 1 amide bonds. The van der Waals surface area contributed by atoms with Crippen LogP contribution in [0, 0.1) is 11.3 Å². The van der Waals surface area contributed by atoms with E-state index in [0.29, 0.717) is 19.0 Å². The van der Waals surface area contributed by atoms with Crippen molar-refractivity contribution in [3.63, 3.8) is 0 Å². The highest BCUT2D eigenvalue weighted by Gasteiger charge is 2.48. The Balaban J connectivity index is 1.92. The molecular weight excluding hydrogens is 182 g/mol. The fourth-order valence-electron chi connectivity index (χ4n) is 2.85. The van der Waals surface area contributed by atoms with Crippen molar-refractivity contribution < 1.29 is 15.0 Å². The van der Waals surface area contributed by atoms with Crippen LogP contribution >= 0.6 is 0 Å². The maximum absolute atomic E-state index is 10.6. The zero-order valence-corrected chi connectivity index (χ0v) is 8.44. The summed E-state index contributed by atoms with van der Waals surface area (Å²) in [7, 11) is 0. The molecule has 4 nitrogen and oxygen atoms in total. The number of nitrogens with zero attached hydrogens (tertiary/aromatic N) is 1. The first kappa shape index (κ1) is 9.77. The normalized spacial score (nSPS) is 35.4. The van der Waals surface area contributed by atoms with Crippen molar-refractivity contribution in [2.45, 2.75) is 32.3 Å². The van der Waals surface area contributed by atoms with E-state index >= 15 is 0 Å². The molecule has 1 heterocycles. The van der Waals surface area contributed by atoms with Crippen LogP contribution in [0.1, 0.15) is 26.2 Å². The third-order valence-electron chi connectivity index (χ3n) is 3.71. The minimum Gasteiger partial charge on any atom is -0.465 e. The summed E-state index contributed by atoms with van der Waals surface area (Å²) in [6.45, 7) is 3.38. The van der Waals surface area contributed by atoms with E-state index in [1.54, 1.807) is 0 Å². The fraction of sp³-hybridized carbons (Fsp3) is 0.900. The molecule has 2 N–H and O–H groups in total. The molecule has 1 aliphatic heterocycles. The van der Waals surface area contributed by atoms with E-state index in [1.165, 1.54) is 4.90 Å². The molecule has 2 rings (SSSR count). The molecule has 2 atom stereocenters. The second kappa shape index (κ2) is 3.12. The van der Waals surface area contributed by atoms with Crippen molar-refractivity contribution in [3.8, 4) is 0 Å². The third kappa shape index (κ3) is 1.47. The van der Waals surface area contributed by atoms with Crippen molar-refractivity contribution in [1.29, 1.82) is 0 Å². The molecule has 1 aliphatic carbocycles. The quantitative estimate of drug-likeness (QED) is 0.615. The van der Waals surface area contributed by atoms with Crippen LogP contribution < -0.4 is 0 Å². The van der Waals surface area contributed by atoms with Crippen LogP contribution in [0.25, 0.3) is 0 Å². The first-order valence-electron chi connectivity index (χ1n) is 5.18. The van der Waals surface area contributed by atoms with Crippen molar-refractivity contribution in [3.05, 3.63) is 0 Å². The van der Waals surface area contributed by atoms with Crippen LogP contribution in [0.2, 0.25) is 0 Å². The largest absolute Gasteiger partial charge is 0.465 e. The van der Waals surface area contributed by atoms with E-state index in [4.69, 9.17) is 5.11 Å².